The summed E-state index contributed by atoms with van der Waals surface area (Å²) >= 11 is 1.61. The highest BCUT2D eigenvalue weighted by Crippen LogP contribution is 2.34. The zero-order valence-electron chi connectivity index (χ0n) is 18.4. The molecule has 3 heterocycles. The predicted molar refractivity (Wildman–Crippen MR) is 123 cm³/mol. The van der Waals surface area contributed by atoms with E-state index in [1.54, 1.807) is 23.9 Å². The third-order valence-electron chi connectivity index (χ3n) is 5.92. The van der Waals surface area contributed by atoms with Gasteiger partial charge in [-0.2, -0.15) is 5.10 Å². The van der Waals surface area contributed by atoms with Crippen molar-refractivity contribution in [2.24, 2.45) is 10.9 Å². The fourth-order valence-corrected chi connectivity index (χ4v) is 5.22. The lowest BCUT2D eigenvalue weighted by molar-refractivity contribution is -0.120. The minimum Gasteiger partial charge on any atom is -0.381 e. The highest BCUT2D eigenvalue weighted by atomic mass is 32.2. The van der Waals surface area contributed by atoms with Gasteiger partial charge in [-0.15, -0.1) is 11.8 Å². The summed E-state index contributed by atoms with van der Waals surface area (Å²) in [7, 11) is 0. The van der Waals surface area contributed by atoms with Crippen molar-refractivity contribution in [2.45, 2.75) is 58.0 Å². The molecule has 1 fully saturated rings. The fourth-order valence-electron chi connectivity index (χ4n) is 4.13. The number of ether oxygens (including phenoxy) is 1. The topological polar surface area (TPSA) is 56.5 Å². The molecule has 1 saturated heterocycles. The van der Waals surface area contributed by atoms with Crippen LogP contribution < -0.4 is 0 Å². The summed E-state index contributed by atoms with van der Waals surface area (Å²) in [5, 5.41) is 5.48. The summed E-state index contributed by atoms with van der Waals surface area (Å²) in [5.74, 6) is 1.21. The van der Waals surface area contributed by atoms with E-state index in [1.165, 1.54) is 12.1 Å². The van der Waals surface area contributed by atoms with Gasteiger partial charge in [-0.05, 0) is 70.2 Å². The molecule has 2 aliphatic heterocycles. The van der Waals surface area contributed by atoms with E-state index >= 15 is 0 Å². The molecule has 4 rings (SSSR count). The van der Waals surface area contributed by atoms with Gasteiger partial charge in [0.15, 0.2) is 5.78 Å². The van der Waals surface area contributed by atoms with Crippen molar-refractivity contribution in [3.05, 3.63) is 41.8 Å². The van der Waals surface area contributed by atoms with E-state index < -0.39 is 0 Å². The lowest BCUT2D eigenvalue weighted by Gasteiger charge is -2.23. The number of aromatic nitrogens is 2. The summed E-state index contributed by atoms with van der Waals surface area (Å²) < 4.78 is 20.9. The van der Waals surface area contributed by atoms with Crippen LogP contribution in [0.2, 0.25) is 0 Å². The Morgan fingerprint density at radius 3 is 2.61 bits per heavy atom. The molecule has 1 aromatic heterocycles. The van der Waals surface area contributed by atoms with E-state index in [0.717, 1.165) is 54.3 Å². The first-order chi connectivity index (χ1) is 14.8. The summed E-state index contributed by atoms with van der Waals surface area (Å²) in [6, 6.07) is 6.18. The number of rotatable bonds is 6. The lowest BCUT2D eigenvalue weighted by atomic mass is 9.93. The van der Waals surface area contributed by atoms with Crippen LogP contribution >= 0.6 is 11.8 Å². The largest absolute Gasteiger partial charge is 0.381 e. The fraction of sp³-hybridized carbons (Fsp3) is 0.542. The van der Waals surface area contributed by atoms with Gasteiger partial charge in [0.2, 0.25) is 0 Å². The monoisotopic (exact) mass is 443 g/mol. The number of benzene rings is 1. The summed E-state index contributed by atoms with van der Waals surface area (Å²) in [4.78, 5) is 17.6. The Kier molecular flexibility index (Phi) is 6.63. The van der Waals surface area contributed by atoms with Crippen molar-refractivity contribution in [1.82, 2.24) is 9.78 Å². The first kappa shape index (κ1) is 22.2. The Bertz CT molecular complexity index is 956. The van der Waals surface area contributed by atoms with Gasteiger partial charge in [-0.25, -0.2) is 4.39 Å². The van der Waals surface area contributed by atoms with Gasteiger partial charge >= 0.3 is 0 Å². The molecule has 0 spiro atoms. The van der Waals surface area contributed by atoms with Crippen molar-refractivity contribution >= 4 is 22.6 Å². The minimum atomic E-state index is -0.293. The predicted octanol–water partition coefficient (Wildman–Crippen LogP) is 5.08. The Morgan fingerprint density at radius 1 is 1.23 bits per heavy atom. The first-order valence-electron chi connectivity index (χ1n) is 11.0. The average Bonchev–Trinajstić information content (AvgIpc) is 3.40. The van der Waals surface area contributed by atoms with E-state index in [1.807, 2.05) is 10.9 Å². The van der Waals surface area contributed by atoms with Crippen LogP contribution in [0.25, 0.3) is 11.3 Å². The Balaban J connectivity index is 1.55. The molecule has 0 amide bonds. The van der Waals surface area contributed by atoms with Crippen LogP contribution in [0.15, 0.2) is 35.5 Å². The number of halogens is 1. The van der Waals surface area contributed by atoms with Gasteiger partial charge in [0, 0.05) is 31.0 Å². The van der Waals surface area contributed by atoms with Gasteiger partial charge in [0.05, 0.1) is 23.0 Å². The van der Waals surface area contributed by atoms with E-state index in [9.17, 15) is 9.18 Å². The molecule has 0 aliphatic carbocycles. The van der Waals surface area contributed by atoms with Crippen LogP contribution in [-0.4, -0.2) is 45.6 Å². The Hall–Kier alpha value is -1.99. The van der Waals surface area contributed by atoms with Gasteiger partial charge in [0.1, 0.15) is 16.9 Å². The smallest absolute Gasteiger partial charge is 0.158 e. The van der Waals surface area contributed by atoms with Crippen LogP contribution in [0, 0.1) is 11.7 Å². The minimum absolute atomic E-state index is 0.223. The molecule has 5 nitrogen and oxygen atoms in total. The highest BCUT2D eigenvalue weighted by Gasteiger charge is 2.30. The number of aliphatic imine (C=N–C) groups is 1. The van der Waals surface area contributed by atoms with Crippen LogP contribution in [0.5, 0.6) is 0 Å². The van der Waals surface area contributed by atoms with Crippen LogP contribution in [0.4, 0.5) is 4.39 Å². The molecular weight excluding hydrogens is 413 g/mol. The Labute approximate surface area is 187 Å². The number of Topliss-reactive ketones (excluding diaryl/α,β-unsaturated/α-hetero) is 1. The molecule has 7 heteroatoms. The average molecular weight is 444 g/mol. The van der Waals surface area contributed by atoms with Gasteiger partial charge < -0.3 is 4.74 Å². The molecule has 2 aromatic rings. The number of hydrogen-bond acceptors (Lipinski definition) is 5. The summed E-state index contributed by atoms with van der Waals surface area (Å²) in [6.07, 6.45) is 5.43. The SMILES string of the molecule is CC(C)(C)n1ncc(C2=NC(C(=O)CCC3CCOCC3)CS2)c1-c1ccc(F)cc1. The third kappa shape index (κ3) is 5.09. The molecule has 1 unspecified atom stereocenters. The van der Waals surface area contributed by atoms with Crippen molar-refractivity contribution in [1.29, 1.82) is 0 Å². The van der Waals surface area contributed by atoms with Crippen molar-refractivity contribution < 1.29 is 13.9 Å². The zero-order chi connectivity index (χ0) is 22.0. The maximum absolute atomic E-state index is 13.5. The second-order valence-corrected chi connectivity index (χ2v) is 10.3. The normalized spacial score (nSPS) is 20.1. The molecule has 0 saturated carbocycles. The van der Waals surface area contributed by atoms with Crippen molar-refractivity contribution in [3.8, 4) is 11.3 Å². The molecule has 1 aromatic carbocycles. The zero-order valence-corrected chi connectivity index (χ0v) is 19.3. The first-order valence-corrected chi connectivity index (χ1v) is 12.0. The number of hydrogen-bond donors (Lipinski definition) is 0. The lowest BCUT2D eigenvalue weighted by Crippen LogP contribution is -2.24. The summed E-state index contributed by atoms with van der Waals surface area (Å²) in [5.41, 5.74) is 2.46. The van der Waals surface area contributed by atoms with Gasteiger partial charge in [0.25, 0.3) is 0 Å². The van der Waals surface area contributed by atoms with Crippen molar-refractivity contribution in [3.63, 3.8) is 0 Å². The number of carbonyl (C=O) groups excluding carboxylic acids is 1. The van der Waals surface area contributed by atoms with Crippen LogP contribution in [0.3, 0.4) is 0 Å². The van der Waals surface area contributed by atoms with E-state index in [2.05, 4.69) is 25.9 Å². The molecule has 166 valence electrons. The van der Waals surface area contributed by atoms with Gasteiger partial charge in [-0.3, -0.25) is 14.5 Å². The van der Waals surface area contributed by atoms with Gasteiger partial charge in [-0.1, -0.05) is 0 Å². The molecule has 31 heavy (non-hydrogen) atoms. The number of nitrogens with zero attached hydrogens (tertiary/aromatic N) is 3. The molecule has 0 N–H and O–H groups in total. The number of carbonyl (C=O) groups is 1. The number of ketones is 1. The molecular formula is C24H30FN3O2S. The maximum Gasteiger partial charge on any atom is 0.158 e. The second kappa shape index (κ2) is 9.25. The van der Waals surface area contributed by atoms with Crippen molar-refractivity contribution in [2.75, 3.05) is 19.0 Å². The maximum atomic E-state index is 13.5. The van der Waals surface area contributed by atoms with Crippen LogP contribution in [-0.2, 0) is 15.1 Å². The van der Waals surface area contributed by atoms with E-state index in [4.69, 9.17) is 9.73 Å². The third-order valence-corrected chi connectivity index (χ3v) is 7.00. The molecule has 0 radical (unpaired) electrons. The molecule has 1 atom stereocenters. The van der Waals surface area contributed by atoms with E-state index in [0.29, 0.717) is 18.1 Å². The quantitative estimate of drug-likeness (QED) is 0.625. The summed E-state index contributed by atoms with van der Waals surface area (Å²) in [6.45, 7) is 7.88. The molecule has 2 aliphatic rings. The highest BCUT2D eigenvalue weighted by molar-refractivity contribution is 8.14. The second-order valence-electron chi connectivity index (χ2n) is 9.32. The molecule has 0 bridgehead atoms. The Morgan fingerprint density at radius 2 is 1.94 bits per heavy atom. The standard InChI is InChI=1S/C24H30FN3O2S/c1-24(2,3)28-22(17-5-7-18(25)8-6-17)19(14-26-28)23-27-20(15-31-23)21(29)9-4-16-10-12-30-13-11-16/h5-8,14,16,20H,4,9-13,15H2,1-3H3. The van der Waals surface area contributed by atoms with E-state index in [-0.39, 0.29) is 23.2 Å². The van der Waals surface area contributed by atoms with Crippen LogP contribution in [0.1, 0.15) is 52.0 Å². The number of thioether (sulfide) groups is 1.